The van der Waals surface area contributed by atoms with Gasteiger partial charge in [-0.05, 0) is 36.7 Å². The smallest absolute Gasteiger partial charge is 0.135 e. The normalized spacial score (nSPS) is 17.7. The Bertz CT molecular complexity index is 922. The Kier molecular flexibility index (Phi) is 4.51. The van der Waals surface area contributed by atoms with Crippen molar-refractivity contribution in [2.24, 2.45) is 0 Å². The number of aromatic amines is 1. The minimum absolute atomic E-state index is 0.147. The second-order valence-corrected chi connectivity index (χ2v) is 6.64. The third kappa shape index (κ3) is 3.24. The van der Waals surface area contributed by atoms with E-state index in [1.807, 2.05) is 12.1 Å². The van der Waals surface area contributed by atoms with Crippen molar-refractivity contribution >= 4 is 0 Å². The lowest BCUT2D eigenvalue weighted by atomic mass is 9.98. The zero-order valence-corrected chi connectivity index (χ0v) is 14.1. The Morgan fingerprint density at radius 3 is 2.73 bits per heavy atom. The molecule has 1 aliphatic heterocycles. The molecule has 2 heterocycles. The van der Waals surface area contributed by atoms with E-state index in [2.05, 4.69) is 15.1 Å². The van der Waals surface area contributed by atoms with E-state index in [0.29, 0.717) is 17.8 Å². The van der Waals surface area contributed by atoms with Gasteiger partial charge in [-0.3, -0.25) is 10.00 Å². The van der Waals surface area contributed by atoms with Crippen molar-refractivity contribution < 1.29 is 13.2 Å². The molecule has 3 nitrogen and oxygen atoms in total. The van der Waals surface area contributed by atoms with Crippen LogP contribution in [-0.2, 0) is 6.54 Å². The van der Waals surface area contributed by atoms with Crippen molar-refractivity contribution in [1.82, 2.24) is 15.1 Å². The van der Waals surface area contributed by atoms with Crippen molar-refractivity contribution in [3.8, 4) is 11.3 Å². The van der Waals surface area contributed by atoms with Gasteiger partial charge < -0.3 is 0 Å². The first kappa shape index (κ1) is 16.8. The molecule has 1 unspecified atom stereocenters. The second kappa shape index (κ2) is 6.96. The summed E-state index contributed by atoms with van der Waals surface area (Å²) in [6.45, 7) is 2.14. The fourth-order valence-corrected chi connectivity index (χ4v) is 3.63. The maximum Gasteiger partial charge on any atom is 0.135 e. The number of hydrogen-bond acceptors (Lipinski definition) is 2. The van der Waals surface area contributed by atoms with Gasteiger partial charge in [0.25, 0.3) is 0 Å². The van der Waals surface area contributed by atoms with E-state index in [1.165, 1.54) is 18.2 Å². The topological polar surface area (TPSA) is 31.9 Å². The Morgan fingerprint density at radius 2 is 1.92 bits per heavy atom. The summed E-state index contributed by atoms with van der Waals surface area (Å²) in [5, 5.41) is 6.83. The van der Waals surface area contributed by atoms with Gasteiger partial charge in [0.2, 0.25) is 0 Å². The number of nitrogens with zero attached hydrogens (tertiary/aromatic N) is 2. The van der Waals surface area contributed by atoms with Gasteiger partial charge in [0.05, 0.1) is 11.9 Å². The molecule has 3 aromatic rings. The fraction of sp³-hybridized carbons (Fsp3) is 0.250. The number of rotatable bonds is 4. The zero-order valence-electron chi connectivity index (χ0n) is 14.1. The molecule has 4 rings (SSSR count). The third-order valence-electron chi connectivity index (χ3n) is 4.93. The summed E-state index contributed by atoms with van der Waals surface area (Å²) in [7, 11) is 0. The first-order valence-electron chi connectivity index (χ1n) is 8.56. The molecule has 0 aliphatic carbocycles. The van der Waals surface area contributed by atoms with Crippen molar-refractivity contribution in [2.45, 2.75) is 18.9 Å². The molecular weight excluding hydrogens is 339 g/mol. The lowest BCUT2D eigenvalue weighted by molar-refractivity contribution is 0.326. The summed E-state index contributed by atoms with van der Waals surface area (Å²) in [6, 6.07) is 10.4. The van der Waals surface area contributed by atoms with Crippen LogP contribution in [0, 0.1) is 17.5 Å². The van der Waals surface area contributed by atoms with Crippen LogP contribution in [0.4, 0.5) is 13.2 Å². The van der Waals surface area contributed by atoms with Gasteiger partial charge in [0, 0.05) is 36.2 Å². The van der Waals surface area contributed by atoms with E-state index in [9.17, 15) is 13.2 Å². The minimum atomic E-state index is -0.624. The molecule has 2 aromatic carbocycles. The molecule has 1 aliphatic rings. The minimum Gasteiger partial charge on any atom is -0.298 e. The van der Waals surface area contributed by atoms with Crippen LogP contribution in [0.25, 0.3) is 11.3 Å². The molecule has 1 saturated heterocycles. The molecule has 6 heteroatoms. The Morgan fingerprint density at radius 1 is 1.08 bits per heavy atom. The van der Waals surface area contributed by atoms with Crippen LogP contribution in [-0.4, -0.2) is 28.2 Å². The average molecular weight is 357 g/mol. The molecule has 0 radical (unpaired) electrons. The van der Waals surface area contributed by atoms with Gasteiger partial charge in [0.15, 0.2) is 0 Å². The molecule has 0 bridgehead atoms. The molecule has 0 amide bonds. The number of benzene rings is 2. The maximum absolute atomic E-state index is 14.1. The molecule has 1 fully saturated rings. The second-order valence-electron chi connectivity index (χ2n) is 6.64. The highest BCUT2D eigenvalue weighted by atomic mass is 19.1. The predicted octanol–water partition coefficient (Wildman–Crippen LogP) is 4.48. The van der Waals surface area contributed by atoms with Gasteiger partial charge in [-0.15, -0.1) is 0 Å². The van der Waals surface area contributed by atoms with Crippen molar-refractivity contribution in [1.29, 1.82) is 0 Å². The van der Waals surface area contributed by atoms with Crippen LogP contribution in [0.1, 0.15) is 23.5 Å². The number of aromatic nitrogens is 2. The lowest BCUT2D eigenvalue weighted by Gasteiger charge is -2.16. The largest absolute Gasteiger partial charge is 0.298 e. The molecule has 1 N–H and O–H groups in total. The first-order chi connectivity index (χ1) is 12.6. The molecule has 134 valence electrons. The quantitative estimate of drug-likeness (QED) is 0.746. The lowest BCUT2D eigenvalue weighted by Crippen LogP contribution is -2.20. The summed E-state index contributed by atoms with van der Waals surface area (Å²) >= 11 is 0. The molecule has 26 heavy (non-hydrogen) atoms. The van der Waals surface area contributed by atoms with Gasteiger partial charge in [0.1, 0.15) is 17.5 Å². The molecule has 1 atom stereocenters. The number of nitrogens with one attached hydrogen (secondary N) is 1. The average Bonchev–Trinajstić information content (AvgIpc) is 3.26. The Labute approximate surface area is 149 Å². The SMILES string of the molecule is Fc1ccc(-c2[nH]ncc2CN2CCC(c3ccccc3F)C2)c(F)c1. The van der Waals surface area contributed by atoms with Crippen molar-refractivity contribution in [2.75, 3.05) is 13.1 Å². The monoisotopic (exact) mass is 357 g/mol. The molecule has 0 spiro atoms. The summed E-state index contributed by atoms with van der Waals surface area (Å²) in [4.78, 5) is 2.20. The van der Waals surface area contributed by atoms with Crippen LogP contribution < -0.4 is 0 Å². The summed E-state index contributed by atoms with van der Waals surface area (Å²) in [6.07, 6.45) is 2.54. The van der Waals surface area contributed by atoms with Crippen LogP contribution in [0.5, 0.6) is 0 Å². The highest BCUT2D eigenvalue weighted by Gasteiger charge is 2.26. The molecule has 1 aromatic heterocycles. The highest BCUT2D eigenvalue weighted by Crippen LogP contribution is 2.31. The van der Waals surface area contributed by atoms with Gasteiger partial charge >= 0.3 is 0 Å². The zero-order chi connectivity index (χ0) is 18.1. The summed E-state index contributed by atoms with van der Waals surface area (Å²) in [5.41, 5.74) is 2.43. The van der Waals surface area contributed by atoms with E-state index in [-0.39, 0.29) is 11.7 Å². The number of hydrogen-bond donors (Lipinski definition) is 1. The highest BCUT2D eigenvalue weighted by molar-refractivity contribution is 5.63. The van der Waals surface area contributed by atoms with Crippen LogP contribution in [0.3, 0.4) is 0 Å². The predicted molar refractivity (Wildman–Crippen MR) is 93.0 cm³/mol. The van der Waals surface area contributed by atoms with E-state index < -0.39 is 11.6 Å². The maximum atomic E-state index is 14.1. The van der Waals surface area contributed by atoms with Gasteiger partial charge in [-0.1, -0.05) is 18.2 Å². The summed E-state index contributed by atoms with van der Waals surface area (Å²) in [5.74, 6) is -1.26. The number of halogens is 3. The van der Waals surface area contributed by atoms with Gasteiger partial charge in [-0.2, -0.15) is 5.10 Å². The van der Waals surface area contributed by atoms with E-state index in [0.717, 1.165) is 36.7 Å². The number of likely N-dealkylation sites (tertiary alicyclic amines) is 1. The van der Waals surface area contributed by atoms with Gasteiger partial charge in [-0.25, -0.2) is 13.2 Å². The van der Waals surface area contributed by atoms with E-state index >= 15 is 0 Å². The van der Waals surface area contributed by atoms with Crippen molar-refractivity contribution in [3.63, 3.8) is 0 Å². The molecule has 0 saturated carbocycles. The van der Waals surface area contributed by atoms with Crippen LogP contribution in [0.15, 0.2) is 48.7 Å². The van der Waals surface area contributed by atoms with E-state index in [4.69, 9.17) is 0 Å². The Balaban J connectivity index is 1.51. The number of H-pyrrole nitrogens is 1. The third-order valence-corrected chi connectivity index (χ3v) is 4.93. The van der Waals surface area contributed by atoms with E-state index in [1.54, 1.807) is 12.3 Å². The van der Waals surface area contributed by atoms with Crippen molar-refractivity contribution in [3.05, 3.63) is 77.2 Å². The fourth-order valence-electron chi connectivity index (χ4n) is 3.63. The molecular formula is C20H18F3N3. The Hall–Kier alpha value is -2.60. The van der Waals surface area contributed by atoms with Crippen LogP contribution >= 0.6 is 0 Å². The standard InChI is InChI=1S/C20H18F3N3/c21-15-5-6-17(19(23)9-15)20-14(10-24-25-20)12-26-8-7-13(11-26)16-3-1-2-4-18(16)22/h1-6,9-10,13H,7-8,11-12H2,(H,24,25). The first-order valence-corrected chi connectivity index (χ1v) is 8.56. The van der Waals surface area contributed by atoms with Crippen LogP contribution in [0.2, 0.25) is 0 Å². The summed E-state index contributed by atoms with van der Waals surface area (Å²) < 4.78 is 41.2.